The zero-order valence-electron chi connectivity index (χ0n) is 10.5. The quantitative estimate of drug-likeness (QED) is 0.516. The Morgan fingerprint density at radius 3 is 2.57 bits per heavy atom. The summed E-state index contributed by atoms with van der Waals surface area (Å²) in [5.74, 6) is -0.693. The summed E-state index contributed by atoms with van der Waals surface area (Å²) in [6, 6.07) is 9.16. The van der Waals surface area contributed by atoms with Crippen molar-refractivity contribution in [1.82, 2.24) is 0 Å². The van der Waals surface area contributed by atoms with E-state index >= 15 is 0 Å². The molecule has 0 unspecified atom stereocenters. The third kappa shape index (κ3) is 3.98. The number of halogens is 3. The number of anilines is 1. The molecule has 2 aromatic rings. The van der Waals surface area contributed by atoms with Gasteiger partial charge in [-0.2, -0.15) is 0 Å². The Morgan fingerprint density at radius 1 is 1.29 bits per heavy atom. The highest BCUT2D eigenvalue weighted by atomic mass is 127. The Balaban J connectivity index is 2.25. The SMILES string of the molecule is NC(=S)c1ccc(NC(=O)c2ccc(F)cc2I)c(Br)c1. The molecule has 0 aliphatic carbocycles. The molecular formula is C14H9BrFIN2OS. The zero-order valence-corrected chi connectivity index (χ0v) is 15.1. The minimum absolute atomic E-state index is 0.279. The van der Waals surface area contributed by atoms with Crippen molar-refractivity contribution in [1.29, 1.82) is 0 Å². The molecule has 21 heavy (non-hydrogen) atoms. The minimum Gasteiger partial charge on any atom is -0.389 e. The highest BCUT2D eigenvalue weighted by molar-refractivity contribution is 14.1. The molecule has 2 aromatic carbocycles. The summed E-state index contributed by atoms with van der Waals surface area (Å²) in [5, 5.41) is 2.76. The van der Waals surface area contributed by atoms with Crippen LogP contribution in [0.25, 0.3) is 0 Å². The molecule has 0 atom stereocenters. The molecule has 3 N–H and O–H groups in total. The lowest BCUT2D eigenvalue weighted by Gasteiger charge is -2.10. The normalized spacial score (nSPS) is 10.2. The van der Waals surface area contributed by atoms with Crippen LogP contribution < -0.4 is 11.1 Å². The Morgan fingerprint density at radius 2 is 2.00 bits per heavy atom. The van der Waals surface area contributed by atoms with E-state index in [-0.39, 0.29) is 16.7 Å². The van der Waals surface area contributed by atoms with Gasteiger partial charge in [0.25, 0.3) is 5.91 Å². The number of nitrogens with one attached hydrogen (secondary N) is 1. The van der Waals surface area contributed by atoms with Crippen molar-refractivity contribution in [2.75, 3.05) is 5.32 Å². The summed E-state index contributed by atoms with van der Waals surface area (Å²) in [6.45, 7) is 0. The molecule has 108 valence electrons. The first kappa shape index (κ1) is 16.3. The molecule has 0 saturated carbocycles. The van der Waals surface area contributed by atoms with Crippen LogP contribution in [-0.4, -0.2) is 10.9 Å². The highest BCUT2D eigenvalue weighted by Crippen LogP contribution is 2.25. The van der Waals surface area contributed by atoms with Crippen LogP contribution in [0.3, 0.4) is 0 Å². The Bertz CT molecular complexity index is 739. The summed E-state index contributed by atoms with van der Waals surface area (Å²) < 4.78 is 14.3. The van der Waals surface area contributed by atoms with Gasteiger partial charge in [-0.3, -0.25) is 4.79 Å². The van der Waals surface area contributed by atoms with Gasteiger partial charge in [0.05, 0.1) is 11.3 Å². The van der Waals surface area contributed by atoms with Gasteiger partial charge >= 0.3 is 0 Å². The molecule has 0 fully saturated rings. The fraction of sp³-hybridized carbons (Fsp3) is 0. The summed E-state index contributed by atoms with van der Waals surface area (Å²) in [4.78, 5) is 12.5. The predicted octanol–water partition coefficient (Wildman–Crippen LogP) is 4.08. The smallest absolute Gasteiger partial charge is 0.256 e. The van der Waals surface area contributed by atoms with E-state index in [0.717, 1.165) is 0 Å². The number of carbonyl (C=O) groups is 1. The first-order valence-corrected chi connectivity index (χ1v) is 8.02. The lowest BCUT2D eigenvalue weighted by Crippen LogP contribution is -2.15. The maximum absolute atomic E-state index is 13.1. The molecule has 7 heteroatoms. The number of amides is 1. The molecule has 3 nitrogen and oxygen atoms in total. The summed E-state index contributed by atoms with van der Waals surface area (Å²) in [6.07, 6.45) is 0. The van der Waals surface area contributed by atoms with Gasteiger partial charge in [-0.25, -0.2) is 4.39 Å². The van der Waals surface area contributed by atoms with E-state index < -0.39 is 0 Å². The molecule has 2 rings (SSSR count). The van der Waals surface area contributed by atoms with Crippen molar-refractivity contribution >= 4 is 67.3 Å². The van der Waals surface area contributed by atoms with E-state index in [0.29, 0.717) is 24.9 Å². The average Bonchev–Trinajstić information content (AvgIpc) is 2.40. The van der Waals surface area contributed by atoms with Gasteiger partial charge in [0.15, 0.2) is 0 Å². The van der Waals surface area contributed by atoms with E-state index in [1.807, 2.05) is 22.6 Å². The van der Waals surface area contributed by atoms with E-state index in [1.165, 1.54) is 18.2 Å². The lowest BCUT2D eigenvalue weighted by atomic mass is 10.2. The molecular weight excluding hydrogens is 470 g/mol. The van der Waals surface area contributed by atoms with Crippen LogP contribution in [-0.2, 0) is 0 Å². The number of benzene rings is 2. The fourth-order valence-corrected chi connectivity index (χ4v) is 2.96. The van der Waals surface area contributed by atoms with Crippen LogP contribution in [0.1, 0.15) is 15.9 Å². The van der Waals surface area contributed by atoms with Crippen LogP contribution in [0.4, 0.5) is 10.1 Å². The number of nitrogens with two attached hydrogens (primary N) is 1. The zero-order chi connectivity index (χ0) is 15.6. The topological polar surface area (TPSA) is 55.1 Å². The number of hydrogen-bond acceptors (Lipinski definition) is 2. The molecule has 0 aromatic heterocycles. The Hall–Kier alpha value is -1.06. The highest BCUT2D eigenvalue weighted by Gasteiger charge is 2.13. The van der Waals surface area contributed by atoms with Crippen LogP contribution >= 0.6 is 50.7 Å². The molecule has 0 aliphatic rings. The molecule has 0 bridgehead atoms. The van der Waals surface area contributed by atoms with Crippen molar-refractivity contribution in [3.8, 4) is 0 Å². The molecule has 0 spiro atoms. The van der Waals surface area contributed by atoms with Gasteiger partial charge < -0.3 is 11.1 Å². The van der Waals surface area contributed by atoms with E-state index in [4.69, 9.17) is 18.0 Å². The maximum Gasteiger partial charge on any atom is 0.256 e. The first-order valence-electron chi connectivity index (χ1n) is 5.74. The third-order valence-electron chi connectivity index (χ3n) is 2.68. The number of rotatable bonds is 3. The molecule has 0 radical (unpaired) electrons. The van der Waals surface area contributed by atoms with Crippen molar-refractivity contribution in [2.24, 2.45) is 5.73 Å². The van der Waals surface area contributed by atoms with Crippen molar-refractivity contribution in [3.63, 3.8) is 0 Å². The van der Waals surface area contributed by atoms with E-state index in [9.17, 15) is 9.18 Å². The van der Waals surface area contributed by atoms with Crippen LogP contribution in [0, 0.1) is 9.39 Å². The number of carbonyl (C=O) groups excluding carboxylic acids is 1. The largest absolute Gasteiger partial charge is 0.389 e. The second-order valence-electron chi connectivity index (χ2n) is 4.14. The fourth-order valence-electron chi connectivity index (χ4n) is 1.63. The number of hydrogen-bond donors (Lipinski definition) is 2. The van der Waals surface area contributed by atoms with Crippen LogP contribution in [0.15, 0.2) is 40.9 Å². The van der Waals surface area contributed by atoms with Crippen LogP contribution in [0.5, 0.6) is 0 Å². The molecule has 1 amide bonds. The third-order valence-corrected chi connectivity index (χ3v) is 4.46. The summed E-state index contributed by atoms with van der Waals surface area (Å²) in [5.41, 5.74) is 7.23. The van der Waals surface area contributed by atoms with Crippen LogP contribution in [0.2, 0.25) is 0 Å². The second-order valence-corrected chi connectivity index (χ2v) is 6.59. The van der Waals surface area contributed by atoms with Gasteiger partial charge in [0, 0.05) is 13.6 Å². The lowest BCUT2D eigenvalue weighted by molar-refractivity contribution is 0.102. The van der Waals surface area contributed by atoms with Gasteiger partial charge in [0.2, 0.25) is 0 Å². The molecule has 0 heterocycles. The summed E-state index contributed by atoms with van der Waals surface area (Å²) in [7, 11) is 0. The van der Waals surface area contributed by atoms with Crippen molar-refractivity contribution in [3.05, 3.63) is 61.4 Å². The Kier molecular flexibility index (Phi) is 5.28. The average molecular weight is 479 g/mol. The maximum atomic E-state index is 13.1. The van der Waals surface area contributed by atoms with Gasteiger partial charge in [0.1, 0.15) is 10.8 Å². The predicted molar refractivity (Wildman–Crippen MR) is 97.1 cm³/mol. The number of thiocarbonyl (C=S) groups is 1. The standard InChI is InChI=1S/C14H9BrFIN2OS/c15-10-5-7(13(18)21)1-4-12(10)19-14(20)9-3-2-8(16)6-11(9)17/h1-6H,(H2,18,21)(H,19,20). The Labute approximate surface area is 148 Å². The second kappa shape index (κ2) is 6.80. The minimum atomic E-state index is -0.377. The van der Waals surface area contributed by atoms with Gasteiger partial charge in [-0.15, -0.1) is 0 Å². The van der Waals surface area contributed by atoms with E-state index in [1.54, 1.807) is 18.2 Å². The van der Waals surface area contributed by atoms with E-state index in [2.05, 4.69) is 21.2 Å². The van der Waals surface area contributed by atoms with Crippen molar-refractivity contribution < 1.29 is 9.18 Å². The summed E-state index contributed by atoms with van der Waals surface area (Å²) >= 11 is 10.2. The van der Waals surface area contributed by atoms with Gasteiger partial charge in [-0.05, 0) is 74.9 Å². The van der Waals surface area contributed by atoms with Gasteiger partial charge in [-0.1, -0.05) is 12.2 Å². The molecule has 0 aliphatic heterocycles. The monoisotopic (exact) mass is 478 g/mol. The van der Waals surface area contributed by atoms with Crippen molar-refractivity contribution in [2.45, 2.75) is 0 Å². The molecule has 0 saturated heterocycles. The first-order chi connectivity index (χ1) is 9.88.